The summed E-state index contributed by atoms with van der Waals surface area (Å²) in [7, 11) is -3.54. The fourth-order valence-electron chi connectivity index (χ4n) is 1.57. The Hall–Kier alpha value is -0.980. The van der Waals surface area contributed by atoms with Gasteiger partial charge in [-0.15, -0.1) is 0 Å². The van der Waals surface area contributed by atoms with E-state index in [2.05, 4.69) is 10.0 Å². The number of nitrogens with one attached hydrogen (secondary N) is 2. The molecule has 0 aromatic heterocycles. The molecule has 0 spiro atoms. The van der Waals surface area contributed by atoms with Crippen molar-refractivity contribution < 1.29 is 12.8 Å². The Bertz CT molecular complexity index is 503. The van der Waals surface area contributed by atoms with E-state index in [9.17, 15) is 12.8 Å². The second kappa shape index (κ2) is 7.57. The molecule has 1 aromatic rings. The van der Waals surface area contributed by atoms with Gasteiger partial charge in [0.1, 0.15) is 5.82 Å². The second-order valence-electron chi connectivity index (χ2n) is 4.33. The predicted octanol–water partition coefficient (Wildman–Crippen LogP) is 2.01. The van der Waals surface area contributed by atoms with E-state index in [1.807, 2.05) is 13.8 Å². The van der Waals surface area contributed by atoms with Gasteiger partial charge in [-0.1, -0.05) is 13.8 Å². The molecule has 2 N–H and O–H groups in total. The number of halogens is 1. The average Bonchev–Trinajstić information content (AvgIpc) is 2.38. The topological polar surface area (TPSA) is 58.2 Å². The Kier molecular flexibility index (Phi) is 6.41. The maximum atomic E-state index is 13.6. The molecule has 6 heteroatoms. The van der Waals surface area contributed by atoms with Crippen LogP contribution in [0.1, 0.15) is 32.3 Å². The molecule has 0 atom stereocenters. The van der Waals surface area contributed by atoms with E-state index < -0.39 is 15.8 Å². The molecule has 0 saturated carbocycles. The number of hydrogen-bond donors (Lipinski definition) is 2. The summed E-state index contributed by atoms with van der Waals surface area (Å²) in [6, 6.07) is 3.87. The Morgan fingerprint density at radius 1 is 1.16 bits per heavy atom. The van der Waals surface area contributed by atoms with E-state index in [4.69, 9.17) is 0 Å². The molecule has 0 heterocycles. The van der Waals surface area contributed by atoms with Crippen LogP contribution in [0.15, 0.2) is 23.1 Å². The van der Waals surface area contributed by atoms with Gasteiger partial charge in [-0.05, 0) is 37.6 Å². The summed E-state index contributed by atoms with van der Waals surface area (Å²) in [5.41, 5.74) is 0.368. The third kappa shape index (κ3) is 4.89. The van der Waals surface area contributed by atoms with E-state index in [1.165, 1.54) is 18.2 Å². The molecule has 1 rings (SSSR count). The molecule has 0 aliphatic carbocycles. The van der Waals surface area contributed by atoms with E-state index >= 15 is 0 Å². The minimum atomic E-state index is -3.54. The molecule has 0 amide bonds. The lowest BCUT2D eigenvalue weighted by Gasteiger charge is -2.09. The number of sulfonamides is 1. The lowest BCUT2D eigenvalue weighted by molar-refractivity contribution is 0.573. The Balaban J connectivity index is 2.88. The average molecular weight is 288 g/mol. The van der Waals surface area contributed by atoms with Crippen LogP contribution in [0.25, 0.3) is 0 Å². The van der Waals surface area contributed by atoms with Gasteiger partial charge in [-0.2, -0.15) is 0 Å². The van der Waals surface area contributed by atoms with Crippen LogP contribution >= 0.6 is 0 Å². The molecule has 0 aliphatic heterocycles. The standard InChI is InChI=1S/C13H21FN2O2S/c1-3-7-15-10-11-9-12(5-6-13(11)14)19(17,18)16-8-4-2/h5-6,9,15-16H,3-4,7-8,10H2,1-2H3. The molecule has 0 fully saturated rings. The van der Waals surface area contributed by atoms with E-state index in [0.717, 1.165) is 13.0 Å². The first kappa shape index (κ1) is 16.1. The Morgan fingerprint density at radius 3 is 2.47 bits per heavy atom. The predicted molar refractivity (Wildman–Crippen MR) is 73.9 cm³/mol. The minimum Gasteiger partial charge on any atom is -0.313 e. The quantitative estimate of drug-likeness (QED) is 0.720. The van der Waals surface area contributed by atoms with Crippen molar-refractivity contribution in [1.82, 2.24) is 10.0 Å². The molecule has 19 heavy (non-hydrogen) atoms. The number of hydrogen-bond acceptors (Lipinski definition) is 3. The molecule has 108 valence electrons. The molecular weight excluding hydrogens is 267 g/mol. The van der Waals surface area contributed by atoms with Crippen LogP contribution in [0, 0.1) is 5.82 Å². The molecule has 0 aliphatic rings. The summed E-state index contributed by atoms with van der Waals surface area (Å²) in [6.07, 6.45) is 1.66. The SMILES string of the molecule is CCCNCc1cc(S(=O)(=O)NCCC)ccc1F. The first-order chi connectivity index (χ1) is 9.01. The summed E-state index contributed by atoms with van der Waals surface area (Å²) in [6.45, 7) is 5.37. The zero-order chi connectivity index (χ0) is 14.3. The van der Waals surface area contributed by atoms with Crippen molar-refractivity contribution in [2.45, 2.75) is 38.1 Å². The van der Waals surface area contributed by atoms with Crippen molar-refractivity contribution in [3.05, 3.63) is 29.6 Å². The van der Waals surface area contributed by atoms with Crippen molar-refractivity contribution in [1.29, 1.82) is 0 Å². The molecule has 0 saturated heterocycles. The number of benzene rings is 1. The van der Waals surface area contributed by atoms with Crippen LogP contribution in [0.4, 0.5) is 4.39 Å². The van der Waals surface area contributed by atoms with Crippen molar-refractivity contribution in [3.63, 3.8) is 0 Å². The van der Waals surface area contributed by atoms with Gasteiger partial charge >= 0.3 is 0 Å². The van der Waals surface area contributed by atoms with Gasteiger partial charge in [0.15, 0.2) is 0 Å². The van der Waals surface area contributed by atoms with Crippen molar-refractivity contribution in [3.8, 4) is 0 Å². The van der Waals surface area contributed by atoms with Crippen molar-refractivity contribution in [2.24, 2.45) is 0 Å². The molecular formula is C13H21FN2O2S. The smallest absolute Gasteiger partial charge is 0.240 e. The molecule has 4 nitrogen and oxygen atoms in total. The molecule has 0 bridgehead atoms. The zero-order valence-corrected chi connectivity index (χ0v) is 12.2. The van der Waals surface area contributed by atoms with Gasteiger partial charge in [0.05, 0.1) is 4.90 Å². The Morgan fingerprint density at radius 2 is 1.84 bits per heavy atom. The summed E-state index contributed by atoms with van der Waals surface area (Å²) in [5.74, 6) is -0.391. The fraction of sp³-hybridized carbons (Fsp3) is 0.538. The van der Waals surface area contributed by atoms with Crippen LogP contribution in [-0.4, -0.2) is 21.5 Å². The minimum absolute atomic E-state index is 0.107. The first-order valence-corrected chi connectivity index (χ1v) is 7.98. The maximum absolute atomic E-state index is 13.6. The first-order valence-electron chi connectivity index (χ1n) is 6.50. The summed E-state index contributed by atoms with van der Waals surface area (Å²) in [5, 5.41) is 3.06. The van der Waals surface area contributed by atoms with Crippen LogP contribution in [0.2, 0.25) is 0 Å². The molecule has 0 unspecified atom stereocenters. The van der Waals surface area contributed by atoms with Crippen LogP contribution < -0.4 is 10.0 Å². The van der Waals surface area contributed by atoms with Gasteiger partial charge in [0.2, 0.25) is 10.0 Å². The van der Waals surface area contributed by atoms with Crippen LogP contribution in [-0.2, 0) is 16.6 Å². The fourth-order valence-corrected chi connectivity index (χ4v) is 2.76. The summed E-state index contributed by atoms with van der Waals surface area (Å²) < 4.78 is 39.9. The van der Waals surface area contributed by atoms with E-state index in [0.29, 0.717) is 25.1 Å². The highest BCUT2D eigenvalue weighted by Gasteiger charge is 2.15. The summed E-state index contributed by atoms with van der Waals surface area (Å²) >= 11 is 0. The highest BCUT2D eigenvalue weighted by atomic mass is 32.2. The molecule has 1 aromatic carbocycles. The van der Waals surface area contributed by atoms with Crippen molar-refractivity contribution >= 4 is 10.0 Å². The Labute approximate surface area is 114 Å². The van der Waals surface area contributed by atoms with Gasteiger partial charge in [0, 0.05) is 18.7 Å². The van der Waals surface area contributed by atoms with E-state index in [1.54, 1.807) is 0 Å². The van der Waals surface area contributed by atoms with Gasteiger partial charge in [-0.25, -0.2) is 17.5 Å². The van der Waals surface area contributed by atoms with Gasteiger partial charge in [-0.3, -0.25) is 0 Å². The van der Waals surface area contributed by atoms with Crippen LogP contribution in [0.3, 0.4) is 0 Å². The van der Waals surface area contributed by atoms with E-state index in [-0.39, 0.29) is 4.90 Å². The van der Waals surface area contributed by atoms with Crippen molar-refractivity contribution in [2.75, 3.05) is 13.1 Å². The summed E-state index contributed by atoms with van der Waals surface area (Å²) in [4.78, 5) is 0.107. The van der Waals surface area contributed by atoms with Gasteiger partial charge in [0.25, 0.3) is 0 Å². The monoisotopic (exact) mass is 288 g/mol. The third-order valence-corrected chi connectivity index (χ3v) is 4.07. The highest BCUT2D eigenvalue weighted by Crippen LogP contribution is 2.15. The lowest BCUT2D eigenvalue weighted by Crippen LogP contribution is -2.25. The zero-order valence-electron chi connectivity index (χ0n) is 11.4. The largest absolute Gasteiger partial charge is 0.313 e. The molecule has 0 radical (unpaired) electrons. The highest BCUT2D eigenvalue weighted by molar-refractivity contribution is 7.89. The second-order valence-corrected chi connectivity index (χ2v) is 6.09. The maximum Gasteiger partial charge on any atom is 0.240 e. The normalized spacial score (nSPS) is 11.7. The van der Waals surface area contributed by atoms with Crippen LogP contribution in [0.5, 0.6) is 0 Å². The van der Waals surface area contributed by atoms with Gasteiger partial charge < -0.3 is 5.32 Å². The number of rotatable bonds is 8. The lowest BCUT2D eigenvalue weighted by atomic mass is 10.2. The third-order valence-electron chi connectivity index (χ3n) is 2.61.